The molecule has 0 unspecified atom stereocenters. The average Bonchev–Trinajstić information content (AvgIpc) is 3.19. The van der Waals surface area contributed by atoms with Crippen LogP contribution in [0.15, 0.2) is 43.0 Å². The second-order valence-corrected chi connectivity index (χ2v) is 7.38. The van der Waals surface area contributed by atoms with Crippen LogP contribution >= 0.6 is 0 Å². The highest BCUT2D eigenvalue weighted by Crippen LogP contribution is 2.33. The zero-order valence-corrected chi connectivity index (χ0v) is 15.4. The summed E-state index contributed by atoms with van der Waals surface area (Å²) < 4.78 is 7.32. The van der Waals surface area contributed by atoms with Crippen LogP contribution in [-0.2, 0) is 10.3 Å². The summed E-state index contributed by atoms with van der Waals surface area (Å²) >= 11 is 0. The lowest BCUT2D eigenvalue weighted by Gasteiger charge is -2.27. The SMILES string of the molecule is C[C@H]1O[C@H](n2cnc3c(NC(C)(C)c4ccccc4)ncnc32)[C@H](O)[C@@H]1O. The van der Waals surface area contributed by atoms with E-state index in [-0.39, 0.29) is 5.54 Å². The van der Waals surface area contributed by atoms with E-state index in [4.69, 9.17) is 4.74 Å². The van der Waals surface area contributed by atoms with Crippen LogP contribution in [0, 0.1) is 0 Å². The number of nitrogens with zero attached hydrogens (tertiary/aromatic N) is 4. The van der Waals surface area contributed by atoms with Gasteiger partial charge < -0.3 is 20.3 Å². The fraction of sp³-hybridized carbons (Fsp3) is 0.421. The van der Waals surface area contributed by atoms with E-state index in [1.54, 1.807) is 17.8 Å². The molecule has 0 bridgehead atoms. The minimum atomic E-state index is -1.05. The Balaban J connectivity index is 1.69. The summed E-state index contributed by atoms with van der Waals surface area (Å²) in [6, 6.07) is 10.1. The minimum Gasteiger partial charge on any atom is -0.388 e. The lowest BCUT2D eigenvalue weighted by Crippen LogP contribution is -2.30. The fourth-order valence-corrected chi connectivity index (χ4v) is 3.41. The Hall–Kier alpha value is -2.55. The number of fused-ring (bicyclic) bond motifs is 1. The van der Waals surface area contributed by atoms with Gasteiger partial charge in [0.15, 0.2) is 23.2 Å². The Kier molecular flexibility index (Phi) is 4.33. The van der Waals surface area contributed by atoms with Crippen molar-refractivity contribution in [2.24, 2.45) is 0 Å². The topological polar surface area (TPSA) is 105 Å². The molecule has 142 valence electrons. The van der Waals surface area contributed by atoms with Crippen molar-refractivity contribution in [2.45, 2.75) is 50.8 Å². The van der Waals surface area contributed by atoms with E-state index in [2.05, 4.69) is 46.2 Å². The molecule has 4 rings (SSSR count). The molecule has 27 heavy (non-hydrogen) atoms. The Morgan fingerprint density at radius 2 is 1.81 bits per heavy atom. The standard InChI is InChI=1S/C19H23N5O3/c1-11-14(25)15(26)18(27-11)24-10-22-13-16(20-9-21-17(13)24)23-19(2,3)12-7-5-4-6-8-12/h4-11,14-15,18,25-26H,1-3H3,(H,20,21,23)/t11-,14-,15-,18+/m1/s1. The van der Waals surface area contributed by atoms with Crippen molar-refractivity contribution in [3.05, 3.63) is 48.5 Å². The van der Waals surface area contributed by atoms with Gasteiger partial charge in [-0.2, -0.15) is 0 Å². The maximum absolute atomic E-state index is 10.3. The molecule has 0 amide bonds. The average molecular weight is 369 g/mol. The lowest BCUT2D eigenvalue weighted by atomic mass is 9.94. The molecule has 1 saturated heterocycles. The first-order valence-electron chi connectivity index (χ1n) is 8.91. The molecule has 8 nitrogen and oxygen atoms in total. The molecule has 3 aromatic rings. The molecule has 2 aromatic heterocycles. The van der Waals surface area contributed by atoms with Gasteiger partial charge in [0.25, 0.3) is 0 Å². The zero-order valence-electron chi connectivity index (χ0n) is 15.4. The number of ether oxygens (including phenoxy) is 1. The Bertz CT molecular complexity index is 943. The van der Waals surface area contributed by atoms with E-state index in [0.717, 1.165) is 5.56 Å². The molecule has 0 aliphatic carbocycles. The third-order valence-electron chi connectivity index (χ3n) is 5.04. The van der Waals surface area contributed by atoms with Gasteiger partial charge in [-0.05, 0) is 26.3 Å². The van der Waals surface area contributed by atoms with Crippen molar-refractivity contribution < 1.29 is 14.9 Å². The number of benzene rings is 1. The van der Waals surface area contributed by atoms with Gasteiger partial charge in [-0.3, -0.25) is 4.57 Å². The Morgan fingerprint density at radius 1 is 1.07 bits per heavy atom. The van der Waals surface area contributed by atoms with Crippen LogP contribution in [-0.4, -0.2) is 48.0 Å². The Morgan fingerprint density at radius 3 is 2.48 bits per heavy atom. The van der Waals surface area contributed by atoms with E-state index in [0.29, 0.717) is 17.0 Å². The number of aromatic nitrogens is 4. The summed E-state index contributed by atoms with van der Waals surface area (Å²) in [5, 5.41) is 23.7. The first-order chi connectivity index (χ1) is 12.9. The van der Waals surface area contributed by atoms with Gasteiger partial charge in [0.2, 0.25) is 0 Å². The molecule has 8 heteroatoms. The molecule has 0 spiro atoms. The van der Waals surface area contributed by atoms with E-state index in [9.17, 15) is 10.2 Å². The molecule has 4 atom stereocenters. The normalized spacial score (nSPS) is 25.8. The van der Waals surface area contributed by atoms with Gasteiger partial charge in [-0.25, -0.2) is 15.0 Å². The summed E-state index contributed by atoms with van der Waals surface area (Å²) in [6.07, 6.45) is -0.221. The van der Waals surface area contributed by atoms with Crippen LogP contribution in [0.3, 0.4) is 0 Å². The second kappa shape index (κ2) is 6.56. The molecule has 1 aromatic carbocycles. The van der Waals surface area contributed by atoms with Crippen molar-refractivity contribution >= 4 is 17.0 Å². The molecule has 1 aliphatic heterocycles. The van der Waals surface area contributed by atoms with Crippen molar-refractivity contribution in [3.8, 4) is 0 Å². The number of aliphatic hydroxyl groups is 2. The first kappa shape index (κ1) is 17.8. The smallest absolute Gasteiger partial charge is 0.167 e. The highest BCUT2D eigenvalue weighted by molar-refractivity contribution is 5.83. The van der Waals surface area contributed by atoms with E-state index in [1.165, 1.54) is 6.33 Å². The van der Waals surface area contributed by atoms with E-state index >= 15 is 0 Å². The molecule has 1 aliphatic rings. The molecule has 1 fully saturated rings. The van der Waals surface area contributed by atoms with Crippen LogP contribution < -0.4 is 5.32 Å². The van der Waals surface area contributed by atoms with Gasteiger partial charge in [0.1, 0.15) is 18.5 Å². The van der Waals surface area contributed by atoms with Gasteiger partial charge in [-0.1, -0.05) is 30.3 Å². The molecule has 0 radical (unpaired) electrons. The molecular weight excluding hydrogens is 346 g/mol. The quantitative estimate of drug-likeness (QED) is 0.644. The van der Waals surface area contributed by atoms with Gasteiger partial charge >= 0.3 is 0 Å². The monoisotopic (exact) mass is 369 g/mol. The number of aliphatic hydroxyl groups excluding tert-OH is 2. The van der Waals surface area contributed by atoms with E-state index in [1.807, 2.05) is 18.2 Å². The van der Waals surface area contributed by atoms with Crippen molar-refractivity contribution in [1.82, 2.24) is 19.5 Å². The van der Waals surface area contributed by atoms with Crippen molar-refractivity contribution in [3.63, 3.8) is 0 Å². The third kappa shape index (κ3) is 3.05. The molecular formula is C19H23N5O3. The van der Waals surface area contributed by atoms with Crippen LogP contribution in [0.4, 0.5) is 5.82 Å². The number of imidazole rings is 1. The van der Waals surface area contributed by atoms with Crippen LogP contribution in [0.2, 0.25) is 0 Å². The largest absolute Gasteiger partial charge is 0.388 e. The van der Waals surface area contributed by atoms with Gasteiger partial charge in [0, 0.05) is 0 Å². The summed E-state index contributed by atoms with van der Waals surface area (Å²) in [5.41, 5.74) is 1.84. The molecule has 0 saturated carbocycles. The van der Waals surface area contributed by atoms with Crippen LogP contribution in [0.1, 0.15) is 32.6 Å². The van der Waals surface area contributed by atoms with Crippen LogP contribution in [0.25, 0.3) is 11.2 Å². The molecule has 3 N–H and O–H groups in total. The number of anilines is 1. The third-order valence-corrected chi connectivity index (χ3v) is 5.04. The highest BCUT2D eigenvalue weighted by atomic mass is 16.6. The molecule has 3 heterocycles. The predicted octanol–water partition coefficient (Wildman–Crippen LogP) is 1.81. The maximum Gasteiger partial charge on any atom is 0.167 e. The maximum atomic E-state index is 10.3. The number of rotatable bonds is 4. The lowest BCUT2D eigenvalue weighted by molar-refractivity contribution is -0.0299. The number of hydrogen-bond donors (Lipinski definition) is 3. The summed E-state index contributed by atoms with van der Waals surface area (Å²) in [4.78, 5) is 13.1. The summed E-state index contributed by atoms with van der Waals surface area (Å²) in [6.45, 7) is 5.85. The fourth-order valence-electron chi connectivity index (χ4n) is 3.41. The second-order valence-electron chi connectivity index (χ2n) is 7.38. The zero-order chi connectivity index (χ0) is 19.2. The minimum absolute atomic E-state index is 0.375. The van der Waals surface area contributed by atoms with Gasteiger partial charge in [-0.15, -0.1) is 0 Å². The predicted molar refractivity (Wildman–Crippen MR) is 100 cm³/mol. The van der Waals surface area contributed by atoms with Gasteiger partial charge in [0.05, 0.1) is 18.0 Å². The number of nitrogens with one attached hydrogen (secondary N) is 1. The Labute approximate surface area is 156 Å². The summed E-state index contributed by atoms with van der Waals surface area (Å²) in [5.74, 6) is 0.591. The van der Waals surface area contributed by atoms with Crippen LogP contribution in [0.5, 0.6) is 0 Å². The van der Waals surface area contributed by atoms with Crippen molar-refractivity contribution in [1.29, 1.82) is 0 Å². The number of hydrogen-bond acceptors (Lipinski definition) is 7. The van der Waals surface area contributed by atoms with Crippen molar-refractivity contribution in [2.75, 3.05) is 5.32 Å². The highest BCUT2D eigenvalue weighted by Gasteiger charge is 2.42. The summed E-state index contributed by atoms with van der Waals surface area (Å²) in [7, 11) is 0. The first-order valence-corrected chi connectivity index (χ1v) is 8.91. The van der Waals surface area contributed by atoms with E-state index < -0.39 is 24.5 Å².